The van der Waals surface area contributed by atoms with Crippen LogP contribution < -0.4 is 15.5 Å². The van der Waals surface area contributed by atoms with Gasteiger partial charge in [-0.05, 0) is 48.7 Å². The summed E-state index contributed by atoms with van der Waals surface area (Å²) < 4.78 is 27.5. The zero-order chi connectivity index (χ0) is 26.4. The Bertz CT molecular complexity index is 1400. The van der Waals surface area contributed by atoms with Gasteiger partial charge in [0.05, 0.1) is 5.56 Å². The van der Waals surface area contributed by atoms with E-state index in [9.17, 15) is 13.6 Å². The lowest BCUT2D eigenvalue weighted by molar-refractivity contribution is 0.194. The molecule has 0 aliphatic heterocycles. The molecule has 2 aromatic heterocycles. The molecule has 4 aromatic rings. The Morgan fingerprint density at radius 2 is 1.73 bits per heavy atom. The van der Waals surface area contributed by atoms with E-state index in [1.165, 1.54) is 12.3 Å². The smallest absolute Gasteiger partial charge is 0.404 e. The van der Waals surface area contributed by atoms with Crippen LogP contribution in [0.15, 0.2) is 67.0 Å². The molecular weight excluding hydrogens is 480 g/mol. The number of hydrogen-bond donors (Lipinski definition) is 3. The van der Waals surface area contributed by atoms with Crippen molar-refractivity contribution in [2.75, 3.05) is 17.3 Å². The van der Waals surface area contributed by atoms with Gasteiger partial charge < -0.3 is 20.6 Å². The van der Waals surface area contributed by atoms with Crippen LogP contribution in [-0.2, 0) is 13.0 Å². The van der Waals surface area contributed by atoms with E-state index in [-0.39, 0.29) is 24.0 Å². The molecule has 0 aliphatic rings. The summed E-state index contributed by atoms with van der Waals surface area (Å²) in [6.07, 6.45) is 2.72. The van der Waals surface area contributed by atoms with E-state index in [1.54, 1.807) is 30.3 Å². The SMILES string of the molecule is C[C@@H](Cc1cccc(CNC(=O)O)c1)Nc1nccc(N(C)c2ccnc(-c3ccc(F)cc3F)n2)n1. The molecule has 9 nitrogen and oxygen atoms in total. The summed E-state index contributed by atoms with van der Waals surface area (Å²) >= 11 is 0. The minimum atomic E-state index is -1.07. The second-order valence-electron chi connectivity index (χ2n) is 8.39. The fourth-order valence-electron chi connectivity index (χ4n) is 3.73. The van der Waals surface area contributed by atoms with Crippen molar-refractivity contribution in [3.05, 3.63) is 89.8 Å². The molecule has 0 bridgehead atoms. The van der Waals surface area contributed by atoms with Gasteiger partial charge in [0.25, 0.3) is 0 Å². The maximum Gasteiger partial charge on any atom is 0.404 e. The van der Waals surface area contributed by atoms with Crippen LogP contribution in [0.3, 0.4) is 0 Å². The van der Waals surface area contributed by atoms with Gasteiger partial charge in [0, 0.05) is 38.1 Å². The number of carbonyl (C=O) groups is 1. The van der Waals surface area contributed by atoms with Crippen molar-refractivity contribution in [3.63, 3.8) is 0 Å². The second kappa shape index (κ2) is 11.4. The predicted octanol–water partition coefficient (Wildman–Crippen LogP) is 4.79. The standard InChI is InChI=1S/C26H25F2N7O2/c1-16(12-17-4-3-5-18(13-17)15-31-26(36)37)32-25-30-11-9-23(34-25)35(2)22-8-10-29-24(33-22)20-7-6-19(27)14-21(20)28/h3-11,13-14,16,31H,12,15H2,1-2H3,(H,36,37)(H,30,32,34)/t16-/m0/s1. The van der Waals surface area contributed by atoms with E-state index in [0.717, 1.165) is 23.3 Å². The first-order valence-electron chi connectivity index (χ1n) is 11.4. The van der Waals surface area contributed by atoms with Crippen LogP contribution in [0.4, 0.5) is 31.2 Å². The molecule has 11 heteroatoms. The van der Waals surface area contributed by atoms with Gasteiger partial charge in [-0.1, -0.05) is 24.3 Å². The Morgan fingerprint density at radius 1 is 1.00 bits per heavy atom. The molecule has 3 N–H and O–H groups in total. The molecule has 1 atom stereocenters. The Kier molecular flexibility index (Phi) is 7.82. The van der Waals surface area contributed by atoms with Crippen LogP contribution in [0.25, 0.3) is 11.4 Å². The molecule has 37 heavy (non-hydrogen) atoms. The number of aromatic nitrogens is 4. The van der Waals surface area contributed by atoms with Crippen molar-refractivity contribution in [1.82, 2.24) is 25.3 Å². The van der Waals surface area contributed by atoms with Crippen LogP contribution in [0.5, 0.6) is 0 Å². The number of amides is 1. The highest BCUT2D eigenvalue weighted by Gasteiger charge is 2.14. The highest BCUT2D eigenvalue weighted by atomic mass is 19.1. The minimum absolute atomic E-state index is 0.0182. The maximum atomic E-state index is 14.2. The van der Waals surface area contributed by atoms with Gasteiger partial charge in [-0.25, -0.2) is 28.5 Å². The number of halogens is 2. The van der Waals surface area contributed by atoms with Crippen molar-refractivity contribution >= 4 is 23.7 Å². The lowest BCUT2D eigenvalue weighted by Crippen LogP contribution is -2.22. The normalized spacial score (nSPS) is 11.6. The predicted molar refractivity (Wildman–Crippen MR) is 136 cm³/mol. The van der Waals surface area contributed by atoms with Crippen LogP contribution in [0.2, 0.25) is 0 Å². The number of nitrogens with zero attached hydrogens (tertiary/aromatic N) is 5. The molecule has 4 rings (SSSR count). The number of anilines is 3. The third-order valence-corrected chi connectivity index (χ3v) is 5.49. The van der Waals surface area contributed by atoms with Gasteiger partial charge in [0.2, 0.25) is 5.95 Å². The minimum Gasteiger partial charge on any atom is -0.465 e. The molecule has 2 heterocycles. The molecule has 0 aliphatic carbocycles. The van der Waals surface area contributed by atoms with Crippen molar-refractivity contribution in [2.45, 2.75) is 25.9 Å². The van der Waals surface area contributed by atoms with Gasteiger partial charge in [-0.2, -0.15) is 4.98 Å². The third kappa shape index (κ3) is 6.72. The molecular formula is C26H25F2N7O2. The summed E-state index contributed by atoms with van der Waals surface area (Å²) in [6.45, 7) is 2.23. The van der Waals surface area contributed by atoms with E-state index in [0.29, 0.717) is 24.0 Å². The summed E-state index contributed by atoms with van der Waals surface area (Å²) in [7, 11) is 1.76. The monoisotopic (exact) mass is 505 g/mol. The van der Waals surface area contributed by atoms with Crippen molar-refractivity contribution < 1.29 is 18.7 Å². The quantitative estimate of drug-likeness (QED) is 0.297. The van der Waals surface area contributed by atoms with Crippen molar-refractivity contribution in [1.29, 1.82) is 0 Å². The highest BCUT2D eigenvalue weighted by molar-refractivity contribution is 5.64. The van der Waals surface area contributed by atoms with Crippen LogP contribution in [-0.4, -0.2) is 44.2 Å². The van der Waals surface area contributed by atoms with E-state index < -0.39 is 17.7 Å². The highest BCUT2D eigenvalue weighted by Crippen LogP contribution is 2.25. The molecule has 0 fully saturated rings. The van der Waals surface area contributed by atoms with Gasteiger partial charge in [-0.15, -0.1) is 0 Å². The fraction of sp³-hybridized carbons (Fsp3) is 0.192. The topological polar surface area (TPSA) is 116 Å². The summed E-state index contributed by atoms with van der Waals surface area (Å²) in [5.41, 5.74) is 2.01. The van der Waals surface area contributed by atoms with Crippen molar-refractivity contribution in [2.24, 2.45) is 0 Å². The average molecular weight is 506 g/mol. The zero-order valence-electron chi connectivity index (χ0n) is 20.2. The Balaban J connectivity index is 1.45. The molecule has 0 radical (unpaired) electrons. The van der Waals surface area contributed by atoms with E-state index >= 15 is 0 Å². The van der Waals surface area contributed by atoms with Gasteiger partial charge >= 0.3 is 6.09 Å². The van der Waals surface area contributed by atoms with Crippen molar-refractivity contribution in [3.8, 4) is 11.4 Å². The third-order valence-electron chi connectivity index (χ3n) is 5.49. The molecule has 0 unspecified atom stereocenters. The van der Waals surface area contributed by atoms with Crippen LogP contribution >= 0.6 is 0 Å². The van der Waals surface area contributed by atoms with E-state index in [2.05, 4.69) is 30.6 Å². The van der Waals surface area contributed by atoms with Crippen LogP contribution in [0.1, 0.15) is 18.1 Å². The number of nitrogens with one attached hydrogen (secondary N) is 2. The molecule has 0 saturated carbocycles. The summed E-state index contributed by atoms with van der Waals surface area (Å²) in [6, 6.07) is 14.3. The molecule has 2 aromatic carbocycles. The first kappa shape index (κ1) is 25.4. The Hall–Kier alpha value is -4.67. The molecule has 0 saturated heterocycles. The summed E-state index contributed by atoms with van der Waals surface area (Å²) in [5.74, 6) is 0.149. The molecule has 0 spiro atoms. The van der Waals surface area contributed by atoms with Crippen LogP contribution in [0, 0.1) is 11.6 Å². The number of rotatable bonds is 9. The summed E-state index contributed by atoms with van der Waals surface area (Å²) in [4.78, 5) is 29.9. The lowest BCUT2D eigenvalue weighted by atomic mass is 10.0. The van der Waals surface area contributed by atoms with E-state index in [1.807, 2.05) is 31.2 Å². The molecule has 190 valence electrons. The van der Waals surface area contributed by atoms with Gasteiger partial charge in [0.1, 0.15) is 23.3 Å². The van der Waals surface area contributed by atoms with Gasteiger partial charge in [0.15, 0.2) is 5.82 Å². The number of carboxylic acid groups (broad SMARTS) is 1. The largest absolute Gasteiger partial charge is 0.465 e. The number of hydrogen-bond acceptors (Lipinski definition) is 7. The lowest BCUT2D eigenvalue weighted by Gasteiger charge is -2.19. The summed E-state index contributed by atoms with van der Waals surface area (Å²) in [5, 5.41) is 14.4. The first-order valence-corrected chi connectivity index (χ1v) is 11.4. The maximum absolute atomic E-state index is 14.2. The second-order valence-corrected chi connectivity index (χ2v) is 8.39. The van der Waals surface area contributed by atoms with E-state index in [4.69, 9.17) is 5.11 Å². The Labute approximate surface area is 212 Å². The van der Waals surface area contributed by atoms with Gasteiger partial charge in [-0.3, -0.25) is 0 Å². The first-order chi connectivity index (χ1) is 17.8. The fourth-order valence-corrected chi connectivity index (χ4v) is 3.73. The average Bonchev–Trinajstić information content (AvgIpc) is 2.87. The number of benzene rings is 2. The Morgan fingerprint density at radius 3 is 2.49 bits per heavy atom. The molecule has 1 amide bonds. The zero-order valence-corrected chi connectivity index (χ0v) is 20.2.